The van der Waals surface area contributed by atoms with Crippen LogP contribution in [0.3, 0.4) is 0 Å². The van der Waals surface area contributed by atoms with Gasteiger partial charge in [0.05, 0.1) is 6.04 Å². The summed E-state index contributed by atoms with van der Waals surface area (Å²) in [6.45, 7) is 6.24. The van der Waals surface area contributed by atoms with Gasteiger partial charge in [-0.2, -0.15) is 0 Å². The summed E-state index contributed by atoms with van der Waals surface area (Å²) in [5, 5.41) is 10.5. The van der Waals surface area contributed by atoms with E-state index in [1.165, 1.54) is 5.56 Å². The van der Waals surface area contributed by atoms with E-state index in [0.29, 0.717) is 5.92 Å². The highest BCUT2D eigenvalue weighted by molar-refractivity contribution is 7.80. The van der Waals surface area contributed by atoms with Crippen LogP contribution in [0.5, 0.6) is 0 Å². The first-order chi connectivity index (χ1) is 7.91. The molecular formula is C13H20N2OS. The van der Waals surface area contributed by atoms with Crippen molar-refractivity contribution < 1.29 is 5.21 Å². The molecule has 0 aliphatic rings. The third-order valence-corrected chi connectivity index (χ3v) is 2.89. The molecule has 3 N–H and O–H groups in total. The molecule has 0 amide bonds. The molecular weight excluding hydrogens is 232 g/mol. The van der Waals surface area contributed by atoms with E-state index < -0.39 is 0 Å². The minimum Gasteiger partial charge on any atom is -0.374 e. The lowest BCUT2D eigenvalue weighted by Crippen LogP contribution is -2.34. The summed E-state index contributed by atoms with van der Waals surface area (Å²) >= 11 is 4.73. The first-order valence-corrected chi connectivity index (χ1v) is 6.19. The second-order valence-electron chi connectivity index (χ2n) is 4.70. The molecule has 94 valence electrons. The highest BCUT2D eigenvalue weighted by Gasteiger charge is 2.14. The Bertz CT molecular complexity index is 376. The first kappa shape index (κ1) is 13.9. The van der Waals surface area contributed by atoms with E-state index in [1.54, 1.807) is 0 Å². The van der Waals surface area contributed by atoms with Crippen LogP contribution in [0.1, 0.15) is 37.9 Å². The maximum Gasteiger partial charge on any atom is 0.190 e. The molecule has 0 bridgehead atoms. The van der Waals surface area contributed by atoms with Crippen molar-refractivity contribution >= 4 is 17.3 Å². The molecule has 0 saturated heterocycles. The molecule has 0 aliphatic heterocycles. The van der Waals surface area contributed by atoms with Crippen LogP contribution in [0.4, 0.5) is 0 Å². The number of nitrogens with two attached hydrogens (primary N) is 1. The maximum absolute atomic E-state index is 9.63. The maximum atomic E-state index is 9.63. The van der Waals surface area contributed by atoms with Crippen molar-refractivity contribution in [1.82, 2.24) is 5.06 Å². The van der Waals surface area contributed by atoms with Crippen molar-refractivity contribution in [3.8, 4) is 0 Å². The van der Waals surface area contributed by atoms with Gasteiger partial charge >= 0.3 is 0 Å². The standard InChI is InChI=1S/C13H20N2OS/c1-9(2)8-11-4-6-12(7-5-11)10(3)15(16)13(14)17/h4-7,9-10,16H,8H2,1-3H3,(H2,14,17). The zero-order valence-electron chi connectivity index (χ0n) is 10.6. The van der Waals surface area contributed by atoms with Crippen LogP contribution < -0.4 is 5.73 Å². The number of thiocarbonyl (C=S) groups is 1. The Balaban J connectivity index is 2.76. The van der Waals surface area contributed by atoms with E-state index >= 15 is 0 Å². The summed E-state index contributed by atoms with van der Waals surface area (Å²) in [6.07, 6.45) is 1.06. The van der Waals surface area contributed by atoms with Gasteiger partial charge in [0, 0.05) is 0 Å². The van der Waals surface area contributed by atoms with Crippen molar-refractivity contribution in [2.45, 2.75) is 33.2 Å². The quantitative estimate of drug-likeness (QED) is 0.639. The highest BCUT2D eigenvalue weighted by atomic mass is 32.1. The molecule has 0 aliphatic carbocycles. The predicted octanol–water partition coefficient (Wildman–Crippen LogP) is 2.88. The second kappa shape index (κ2) is 5.98. The van der Waals surface area contributed by atoms with Crippen LogP contribution in [-0.4, -0.2) is 15.4 Å². The zero-order chi connectivity index (χ0) is 13.0. The van der Waals surface area contributed by atoms with Gasteiger partial charge in [-0.05, 0) is 42.6 Å². The van der Waals surface area contributed by atoms with Gasteiger partial charge in [-0.25, -0.2) is 5.06 Å². The Morgan fingerprint density at radius 3 is 2.24 bits per heavy atom. The van der Waals surface area contributed by atoms with Crippen LogP contribution in [0.15, 0.2) is 24.3 Å². The van der Waals surface area contributed by atoms with E-state index in [4.69, 9.17) is 18.0 Å². The summed E-state index contributed by atoms with van der Waals surface area (Å²) in [4.78, 5) is 0. The Labute approximate surface area is 108 Å². The molecule has 1 rings (SSSR count). The number of benzene rings is 1. The van der Waals surface area contributed by atoms with Gasteiger partial charge in [0.15, 0.2) is 5.11 Å². The molecule has 0 fully saturated rings. The molecule has 4 heteroatoms. The van der Waals surface area contributed by atoms with Crippen LogP contribution in [-0.2, 0) is 6.42 Å². The number of rotatable bonds is 4. The smallest absolute Gasteiger partial charge is 0.190 e. The van der Waals surface area contributed by atoms with Crippen molar-refractivity contribution in [2.24, 2.45) is 11.7 Å². The molecule has 1 unspecified atom stereocenters. The van der Waals surface area contributed by atoms with Crippen molar-refractivity contribution in [3.05, 3.63) is 35.4 Å². The average molecular weight is 252 g/mol. The van der Waals surface area contributed by atoms with E-state index in [1.807, 2.05) is 19.1 Å². The van der Waals surface area contributed by atoms with E-state index in [9.17, 15) is 5.21 Å². The lowest BCUT2D eigenvalue weighted by Gasteiger charge is -2.23. The molecule has 3 nitrogen and oxygen atoms in total. The van der Waals surface area contributed by atoms with Crippen molar-refractivity contribution in [1.29, 1.82) is 0 Å². The number of hydrogen-bond acceptors (Lipinski definition) is 2. The van der Waals surface area contributed by atoms with E-state index in [-0.39, 0.29) is 11.2 Å². The molecule has 17 heavy (non-hydrogen) atoms. The topological polar surface area (TPSA) is 49.5 Å². The highest BCUT2D eigenvalue weighted by Crippen LogP contribution is 2.19. The van der Waals surface area contributed by atoms with Crippen molar-refractivity contribution in [2.75, 3.05) is 0 Å². The van der Waals surface area contributed by atoms with E-state index in [2.05, 4.69) is 26.0 Å². The molecule has 0 aromatic heterocycles. The van der Waals surface area contributed by atoms with Gasteiger partial charge in [0.25, 0.3) is 0 Å². The fourth-order valence-corrected chi connectivity index (χ4v) is 1.89. The number of nitrogens with zero attached hydrogens (tertiary/aromatic N) is 1. The molecule has 1 aromatic rings. The Morgan fingerprint density at radius 1 is 1.29 bits per heavy atom. The Kier molecular flexibility index (Phi) is 4.90. The fourth-order valence-electron chi connectivity index (χ4n) is 1.74. The summed E-state index contributed by atoms with van der Waals surface area (Å²) in [7, 11) is 0. The minimum absolute atomic E-state index is 0.0104. The van der Waals surface area contributed by atoms with Crippen LogP contribution in [0, 0.1) is 5.92 Å². The SMILES string of the molecule is CC(C)Cc1ccc(C(C)N(O)C(N)=S)cc1. The lowest BCUT2D eigenvalue weighted by atomic mass is 10.00. The summed E-state index contributed by atoms with van der Waals surface area (Å²) in [5.41, 5.74) is 7.67. The van der Waals surface area contributed by atoms with Gasteiger partial charge in [-0.15, -0.1) is 0 Å². The van der Waals surface area contributed by atoms with Gasteiger partial charge < -0.3 is 5.73 Å². The van der Waals surface area contributed by atoms with Gasteiger partial charge in [-0.1, -0.05) is 38.1 Å². The molecule has 1 atom stereocenters. The predicted molar refractivity (Wildman–Crippen MR) is 73.8 cm³/mol. The third kappa shape index (κ3) is 3.98. The second-order valence-corrected chi connectivity index (χ2v) is 5.12. The first-order valence-electron chi connectivity index (χ1n) is 5.78. The normalized spacial score (nSPS) is 12.5. The Morgan fingerprint density at radius 2 is 1.82 bits per heavy atom. The molecule has 0 radical (unpaired) electrons. The molecule has 0 spiro atoms. The lowest BCUT2D eigenvalue weighted by molar-refractivity contribution is -0.0476. The van der Waals surface area contributed by atoms with Crippen molar-refractivity contribution in [3.63, 3.8) is 0 Å². The summed E-state index contributed by atoms with van der Waals surface area (Å²) in [5.74, 6) is 0.643. The van der Waals surface area contributed by atoms with Crippen LogP contribution >= 0.6 is 12.2 Å². The number of hydroxylamine groups is 2. The van der Waals surface area contributed by atoms with Crippen LogP contribution in [0.25, 0.3) is 0 Å². The van der Waals surface area contributed by atoms with Gasteiger partial charge in [-0.3, -0.25) is 5.21 Å². The van der Waals surface area contributed by atoms with Gasteiger partial charge in [0.2, 0.25) is 0 Å². The fraction of sp³-hybridized carbons (Fsp3) is 0.462. The third-order valence-electron chi connectivity index (χ3n) is 2.70. The zero-order valence-corrected chi connectivity index (χ0v) is 11.4. The monoisotopic (exact) mass is 252 g/mol. The molecule has 0 saturated carbocycles. The summed E-state index contributed by atoms with van der Waals surface area (Å²) in [6, 6.07) is 7.95. The van der Waals surface area contributed by atoms with Gasteiger partial charge in [0.1, 0.15) is 0 Å². The number of hydrogen-bond donors (Lipinski definition) is 2. The molecule has 1 aromatic carbocycles. The minimum atomic E-state index is -0.222. The average Bonchev–Trinajstić information content (AvgIpc) is 2.27. The summed E-state index contributed by atoms with van der Waals surface area (Å²) < 4.78 is 0. The van der Waals surface area contributed by atoms with Crippen LogP contribution in [0.2, 0.25) is 0 Å². The Hall–Kier alpha value is -1.13. The van der Waals surface area contributed by atoms with E-state index in [0.717, 1.165) is 17.0 Å². The largest absolute Gasteiger partial charge is 0.374 e. The molecule has 0 heterocycles.